The molecule has 3 rings (SSSR count). The number of pyridine rings is 1. The lowest BCUT2D eigenvalue weighted by Crippen LogP contribution is -1.82. The number of thiophene rings is 1. The van der Waals surface area contributed by atoms with Crippen LogP contribution in [0.5, 0.6) is 0 Å². The second kappa shape index (κ2) is 4.63. The number of aromatic amines is 1. The molecule has 92 valence electrons. The van der Waals surface area contributed by atoms with E-state index in [-0.39, 0.29) is 0 Å². The number of hydrogen-bond acceptors (Lipinski definition) is 5. The van der Waals surface area contributed by atoms with Gasteiger partial charge in [0.2, 0.25) is 0 Å². The van der Waals surface area contributed by atoms with Gasteiger partial charge in [-0.2, -0.15) is 15.6 Å². The number of nitrogens with zero attached hydrogens (tertiary/aromatic N) is 4. The average Bonchev–Trinajstić information content (AvgIpc) is 3.07. The molecule has 0 fully saturated rings. The summed E-state index contributed by atoms with van der Waals surface area (Å²) in [7, 11) is 0. The Labute approximate surface area is 113 Å². The molecule has 0 amide bonds. The van der Waals surface area contributed by atoms with Gasteiger partial charge in [0.25, 0.3) is 0 Å². The second-order valence-electron chi connectivity index (χ2n) is 3.96. The summed E-state index contributed by atoms with van der Waals surface area (Å²) in [5.74, 6) is 0. The SMILES string of the molecule is Cc1cccc(-c2ccc(-c3n[nH]nc3C#N)s2)n1. The van der Waals surface area contributed by atoms with Crippen molar-refractivity contribution in [1.29, 1.82) is 5.26 Å². The Morgan fingerprint density at radius 2 is 2.00 bits per heavy atom. The molecule has 0 spiro atoms. The Morgan fingerprint density at radius 1 is 1.16 bits per heavy atom. The number of nitrogens with one attached hydrogen (secondary N) is 1. The molecule has 0 aliphatic heterocycles. The van der Waals surface area contributed by atoms with Crippen LogP contribution in [-0.4, -0.2) is 20.4 Å². The van der Waals surface area contributed by atoms with Gasteiger partial charge in [0, 0.05) is 5.69 Å². The molecule has 0 saturated heterocycles. The van der Waals surface area contributed by atoms with Gasteiger partial charge in [-0.1, -0.05) is 6.07 Å². The van der Waals surface area contributed by atoms with Crippen molar-refractivity contribution in [1.82, 2.24) is 20.4 Å². The summed E-state index contributed by atoms with van der Waals surface area (Å²) in [5, 5.41) is 19.2. The highest BCUT2D eigenvalue weighted by atomic mass is 32.1. The summed E-state index contributed by atoms with van der Waals surface area (Å²) in [4.78, 5) is 6.44. The third kappa shape index (κ3) is 2.11. The van der Waals surface area contributed by atoms with Crippen LogP contribution >= 0.6 is 11.3 Å². The van der Waals surface area contributed by atoms with Crippen molar-refractivity contribution in [3.63, 3.8) is 0 Å². The van der Waals surface area contributed by atoms with Crippen LogP contribution in [0.3, 0.4) is 0 Å². The first-order valence-electron chi connectivity index (χ1n) is 5.63. The Hall–Kier alpha value is -2.52. The molecule has 0 saturated carbocycles. The molecule has 3 heterocycles. The molecular formula is C13H9N5S. The van der Waals surface area contributed by atoms with Gasteiger partial charge in [-0.3, -0.25) is 4.98 Å². The summed E-state index contributed by atoms with van der Waals surface area (Å²) in [6.07, 6.45) is 0. The van der Waals surface area contributed by atoms with Crippen LogP contribution in [0.1, 0.15) is 11.4 Å². The summed E-state index contributed by atoms with van der Waals surface area (Å²) in [5.41, 5.74) is 2.81. The normalized spacial score (nSPS) is 10.3. The number of hydrogen-bond donors (Lipinski definition) is 1. The van der Waals surface area contributed by atoms with Crippen molar-refractivity contribution in [3.05, 3.63) is 41.7 Å². The minimum Gasteiger partial charge on any atom is -0.252 e. The van der Waals surface area contributed by atoms with E-state index in [1.54, 1.807) is 11.3 Å². The molecule has 0 bridgehead atoms. The van der Waals surface area contributed by atoms with Crippen molar-refractivity contribution >= 4 is 11.3 Å². The van der Waals surface area contributed by atoms with Crippen molar-refractivity contribution in [2.75, 3.05) is 0 Å². The number of H-pyrrole nitrogens is 1. The van der Waals surface area contributed by atoms with Gasteiger partial charge in [-0.15, -0.1) is 16.4 Å². The van der Waals surface area contributed by atoms with E-state index in [1.807, 2.05) is 43.3 Å². The summed E-state index contributed by atoms with van der Waals surface area (Å²) in [6.45, 7) is 1.96. The fourth-order valence-corrected chi connectivity index (χ4v) is 2.73. The van der Waals surface area contributed by atoms with Crippen molar-refractivity contribution in [2.45, 2.75) is 6.92 Å². The molecule has 3 aromatic rings. The summed E-state index contributed by atoms with van der Waals surface area (Å²) >= 11 is 1.55. The maximum Gasteiger partial charge on any atom is 0.191 e. The van der Waals surface area contributed by atoms with Gasteiger partial charge < -0.3 is 0 Å². The zero-order chi connectivity index (χ0) is 13.2. The van der Waals surface area contributed by atoms with E-state index in [0.29, 0.717) is 11.4 Å². The highest BCUT2D eigenvalue weighted by Crippen LogP contribution is 2.33. The Balaban J connectivity index is 2.03. The van der Waals surface area contributed by atoms with Crippen molar-refractivity contribution in [2.24, 2.45) is 0 Å². The maximum absolute atomic E-state index is 8.95. The van der Waals surface area contributed by atoms with Gasteiger partial charge in [0.05, 0.1) is 15.4 Å². The third-order valence-corrected chi connectivity index (χ3v) is 3.75. The van der Waals surface area contributed by atoms with E-state index in [2.05, 4.69) is 20.4 Å². The van der Waals surface area contributed by atoms with E-state index in [4.69, 9.17) is 5.26 Å². The number of aromatic nitrogens is 4. The second-order valence-corrected chi connectivity index (χ2v) is 5.04. The highest BCUT2D eigenvalue weighted by molar-refractivity contribution is 7.18. The first-order chi connectivity index (χ1) is 9.28. The van der Waals surface area contributed by atoms with E-state index < -0.39 is 0 Å². The smallest absolute Gasteiger partial charge is 0.191 e. The molecule has 0 radical (unpaired) electrons. The fourth-order valence-electron chi connectivity index (χ4n) is 1.76. The molecule has 1 N–H and O–H groups in total. The van der Waals surface area contributed by atoms with Gasteiger partial charge in [-0.25, -0.2) is 0 Å². The van der Waals surface area contributed by atoms with E-state index in [1.165, 1.54) is 0 Å². The molecule has 6 heteroatoms. The minimum absolute atomic E-state index is 0.311. The van der Waals surface area contributed by atoms with Crippen LogP contribution in [0, 0.1) is 18.3 Å². The zero-order valence-electron chi connectivity index (χ0n) is 10.1. The molecule has 0 aliphatic rings. The summed E-state index contributed by atoms with van der Waals surface area (Å²) < 4.78 is 0. The van der Waals surface area contributed by atoms with Crippen LogP contribution in [0.4, 0.5) is 0 Å². The van der Waals surface area contributed by atoms with Crippen LogP contribution in [0.15, 0.2) is 30.3 Å². The van der Waals surface area contributed by atoms with E-state index in [0.717, 1.165) is 21.1 Å². The van der Waals surface area contributed by atoms with Gasteiger partial charge in [-0.05, 0) is 31.2 Å². The highest BCUT2D eigenvalue weighted by Gasteiger charge is 2.13. The number of rotatable bonds is 2. The fraction of sp³-hybridized carbons (Fsp3) is 0.0769. The van der Waals surface area contributed by atoms with Crippen molar-refractivity contribution < 1.29 is 0 Å². The molecule has 3 aromatic heterocycles. The lowest BCUT2D eigenvalue weighted by atomic mass is 10.2. The lowest BCUT2D eigenvalue weighted by molar-refractivity contribution is 0.937. The zero-order valence-corrected chi connectivity index (χ0v) is 10.9. The molecule has 19 heavy (non-hydrogen) atoms. The van der Waals surface area contributed by atoms with Gasteiger partial charge in [0.15, 0.2) is 5.69 Å². The predicted octanol–water partition coefficient (Wildman–Crippen LogP) is 2.78. The van der Waals surface area contributed by atoms with Gasteiger partial charge >= 0.3 is 0 Å². The molecule has 0 atom stereocenters. The van der Waals surface area contributed by atoms with Crippen LogP contribution in [0.25, 0.3) is 21.1 Å². The van der Waals surface area contributed by atoms with E-state index >= 15 is 0 Å². The van der Waals surface area contributed by atoms with Crippen LogP contribution < -0.4 is 0 Å². The largest absolute Gasteiger partial charge is 0.252 e. The molecule has 5 nitrogen and oxygen atoms in total. The average molecular weight is 267 g/mol. The first-order valence-corrected chi connectivity index (χ1v) is 6.44. The monoisotopic (exact) mass is 267 g/mol. The minimum atomic E-state index is 0.311. The molecular weight excluding hydrogens is 258 g/mol. The predicted molar refractivity (Wildman–Crippen MR) is 72.4 cm³/mol. The van der Waals surface area contributed by atoms with Crippen LogP contribution in [-0.2, 0) is 0 Å². The first kappa shape index (κ1) is 11.6. The topological polar surface area (TPSA) is 78.2 Å². The van der Waals surface area contributed by atoms with Crippen LogP contribution in [0.2, 0.25) is 0 Å². The maximum atomic E-state index is 8.95. The van der Waals surface area contributed by atoms with Crippen molar-refractivity contribution in [3.8, 4) is 27.2 Å². The molecule has 0 aliphatic carbocycles. The Bertz CT molecular complexity index is 765. The number of nitriles is 1. The Morgan fingerprint density at radius 3 is 2.79 bits per heavy atom. The molecule has 0 unspecified atom stereocenters. The standard InChI is InChI=1S/C13H9N5S/c1-8-3-2-4-9(15-8)11-5-6-12(19-11)13-10(7-14)16-18-17-13/h2-6H,1H3,(H,16,17,18). The number of aryl methyl sites for hydroxylation is 1. The summed E-state index contributed by atoms with van der Waals surface area (Å²) in [6, 6.07) is 11.8. The van der Waals surface area contributed by atoms with E-state index in [9.17, 15) is 0 Å². The lowest BCUT2D eigenvalue weighted by Gasteiger charge is -1.97. The quantitative estimate of drug-likeness (QED) is 0.774. The third-order valence-electron chi connectivity index (χ3n) is 2.63. The molecule has 0 aromatic carbocycles. The van der Waals surface area contributed by atoms with Gasteiger partial charge in [0.1, 0.15) is 11.8 Å². The Kier molecular flexibility index (Phi) is 2.82.